The van der Waals surface area contributed by atoms with Crippen LogP contribution in [0.25, 0.3) is 5.76 Å². The van der Waals surface area contributed by atoms with E-state index < -0.39 is 48.4 Å². The Morgan fingerprint density at radius 1 is 0.929 bits per heavy atom. The number of Topliss-reactive ketones (excluding diaryl/α,β-unsaturated/α-hetero) is 2. The second-order valence-electron chi connectivity index (χ2n) is 16.4. The van der Waals surface area contributed by atoms with Crippen molar-refractivity contribution < 1.29 is 33.1 Å². The Hall–Kier alpha value is -4.74. The molecule has 1 saturated carbocycles. The molecule has 0 spiro atoms. The van der Waals surface area contributed by atoms with Gasteiger partial charge in [0.25, 0.3) is 5.88 Å². The van der Waals surface area contributed by atoms with Gasteiger partial charge in [-0.2, -0.15) is 0 Å². The van der Waals surface area contributed by atoms with E-state index in [9.17, 15) is 5.11 Å². The fraction of sp³-hybridized carbons (Fsp3) is 0.356. The molecular formula is C45H49ClN2O7Si. The van der Waals surface area contributed by atoms with Gasteiger partial charge in [0.1, 0.15) is 30.3 Å². The van der Waals surface area contributed by atoms with E-state index in [2.05, 4.69) is 44.0 Å². The summed E-state index contributed by atoms with van der Waals surface area (Å²) in [4.78, 5) is 33.6. The molecule has 1 aromatic heterocycles. The van der Waals surface area contributed by atoms with Crippen LogP contribution in [-0.2, 0) is 28.9 Å². The third kappa shape index (κ3) is 6.76. The maximum Gasteiger partial charge on any atom is 0.265 e. The van der Waals surface area contributed by atoms with E-state index in [-0.39, 0.29) is 36.0 Å². The zero-order valence-electron chi connectivity index (χ0n) is 32.6. The molecule has 1 heterocycles. The number of aliphatic hydroxyl groups is 1. The molecule has 1 fully saturated rings. The molecule has 0 radical (unpaired) electrons. The van der Waals surface area contributed by atoms with Crippen molar-refractivity contribution in [2.24, 2.45) is 11.8 Å². The number of aromatic nitrogens is 1. The molecule has 0 amide bonds. The Balaban J connectivity index is 1.43. The highest BCUT2D eigenvalue weighted by molar-refractivity contribution is 6.74. The zero-order valence-corrected chi connectivity index (χ0v) is 34.4. The monoisotopic (exact) mass is 792 g/mol. The number of carbonyl (C=O) groups is 2. The highest BCUT2D eigenvalue weighted by Gasteiger charge is 2.69. The van der Waals surface area contributed by atoms with Crippen molar-refractivity contribution in [2.45, 2.75) is 76.6 Å². The van der Waals surface area contributed by atoms with Crippen LogP contribution >= 0.6 is 11.6 Å². The Morgan fingerprint density at radius 3 is 2.12 bits per heavy atom. The van der Waals surface area contributed by atoms with E-state index in [1.165, 1.54) is 0 Å². The minimum absolute atomic E-state index is 0.0156. The van der Waals surface area contributed by atoms with Crippen molar-refractivity contribution in [2.75, 3.05) is 13.1 Å². The first kappa shape index (κ1) is 39.5. The Kier molecular flexibility index (Phi) is 10.8. The first-order valence-electron chi connectivity index (χ1n) is 19.1. The lowest BCUT2D eigenvalue weighted by Gasteiger charge is -2.55. The van der Waals surface area contributed by atoms with Crippen molar-refractivity contribution in [3.05, 3.63) is 142 Å². The molecule has 11 heteroatoms. The Bertz CT molecular complexity index is 2180. The molecule has 1 N–H and O–H groups in total. The molecule has 4 aromatic rings. The molecule has 4 atom stereocenters. The largest absolute Gasteiger partial charge is 0.507 e. The van der Waals surface area contributed by atoms with Gasteiger partial charge in [-0.1, -0.05) is 105 Å². The second kappa shape index (κ2) is 15.3. The van der Waals surface area contributed by atoms with Crippen molar-refractivity contribution in [3.63, 3.8) is 0 Å². The average Bonchev–Trinajstić information content (AvgIpc) is 3.59. The molecule has 3 aliphatic carbocycles. The van der Waals surface area contributed by atoms with Crippen LogP contribution in [0.5, 0.6) is 11.6 Å². The van der Waals surface area contributed by atoms with Crippen LogP contribution in [0.2, 0.25) is 23.2 Å². The molecule has 0 saturated heterocycles. The molecular weight excluding hydrogens is 744 g/mol. The molecule has 0 aliphatic heterocycles. The molecule has 56 heavy (non-hydrogen) atoms. The summed E-state index contributed by atoms with van der Waals surface area (Å²) in [6.07, 6.45) is 4.18. The van der Waals surface area contributed by atoms with Crippen LogP contribution in [0.3, 0.4) is 0 Å². The smallest absolute Gasteiger partial charge is 0.265 e. The van der Waals surface area contributed by atoms with Gasteiger partial charge in [0.05, 0.1) is 11.6 Å². The summed E-state index contributed by atoms with van der Waals surface area (Å²) in [5.41, 5.74) is 0.982. The van der Waals surface area contributed by atoms with E-state index in [4.69, 9.17) is 30.0 Å². The number of halogens is 1. The van der Waals surface area contributed by atoms with Crippen molar-refractivity contribution in [1.82, 2.24) is 10.1 Å². The molecule has 292 valence electrons. The number of benzene rings is 3. The van der Waals surface area contributed by atoms with Gasteiger partial charge >= 0.3 is 0 Å². The Morgan fingerprint density at radius 2 is 1.54 bits per heavy atom. The number of fused-ring (bicyclic) bond motifs is 4. The van der Waals surface area contributed by atoms with E-state index in [1.807, 2.05) is 73.8 Å². The highest BCUT2D eigenvalue weighted by atomic mass is 35.5. The molecule has 7 rings (SSSR count). The summed E-state index contributed by atoms with van der Waals surface area (Å²) in [6.45, 7) is 19.4. The third-order valence-electron chi connectivity index (χ3n) is 11.9. The standard InChI is InChI=1S/C45H49ClN2O7Si/c1-8-22-48(23-9-2)38-32-25-30-24-31-33(46)20-21-34(52-26-28-16-12-10-13-17-28)36(31)39(49)35(30)41(50)45(32,55-56(6,7)44(3,4)5)42(51)37-40(38)54-47-43(37)53-27-29-18-14-11-15-19-29/h8-21,30,32,38,49H,1-2,22-27H2,3-7H3/t30-,32-,38-,45-/m0/s1. The summed E-state index contributed by atoms with van der Waals surface area (Å²) in [7, 11) is -2.95. The van der Waals surface area contributed by atoms with Gasteiger partial charge in [-0.25, -0.2) is 0 Å². The van der Waals surface area contributed by atoms with Crippen molar-refractivity contribution in [3.8, 4) is 11.6 Å². The summed E-state index contributed by atoms with van der Waals surface area (Å²) >= 11 is 6.88. The predicted octanol–water partition coefficient (Wildman–Crippen LogP) is 9.89. The lowest BCUT2D eigenvalue weighted by atomic mass is 9.57. The number of carbonyl (C=O) groups excluding carboxylic acids is 2. The summed E-state index contributed by atoms with van der Waals surface area (Å²) < 4.78 is 26.0. The van der Waals surface area contributed by atoms with Crippen LogP contribution in [-0.4, -0.2) is 53.7 Å². The third-order valence-corrected chi connectivity index (χ3v) is 16.7. The fourth-order valence-corrected chi connectivity index (χ4v) is 9.90. The van der Waals surface area contributed by atoms with Gasteiger partial charge in [0.15, 0.2) is 19.7 Å². The van der Waals surface area contributed by atoms with Gasteiger partial charge in [-0.15, -0.1) is 13.2 Å². The van der Waals surface area contributed by atoms with E-state index >= 15 is 9.59 Å². The average molecular weight is 793 g/mol. The maximum absolute atomic E-state index is 15.9. The predicted molar refractivity (Wildman–Crippen MR) is 219 cm³/mol. The molecule has 0 bridgehead atoms. The zero-order chi connectivity index (χ0) is 40.0. The van der Waals surface area contributed by atoms with E-state index in [1.54, 1.807) is 24.3 Å². The van der Waals surface area contributed by atoms with Crippen LogP contribution in [0.1, 0.15) is 71.6 Å². The summed E-state index contributed by atoms with van der Waals surface area (Å²) in [5.74, 6) is -1.98. The number of ether oxygens (including phenoxy) is 2. The van der Waals surface area contributed by atoms with Crippen LogP contribution < -0.4 is 9.47 Å². The number of aliphatic hydroxyl groups excluding tert-OH is 1. The quantitative estimate of drug-likeness (QED) is 0.0804. The van der Waals surface area contributed by atoms with Gasteiger partial charge < -0.3 is 23.5 Å². The number of rotatable bonds is 13. The van der Waals surface area contributed by atoms with E-state index in [0.717, 1.165) is 11.1 Å². The van der Waals surface area contributed by atoms with Crippen molar-refractivity contribution >= 4 is 37.2 Å². The molecule has 9 nitrogen and oxygen atoms in total. The number of hydrogen-bond donors (Lipinski definition) is 1. The topological polar surface area (TPSA) is 111 Å². The number of hydrogen-bond acceptors (Lipinski definition) is 9. The fourth-order valence-electron chi connectivity index (χ4n) is 8.22. The van der Waals surface area contributed by atoms with Crippen molar-refractivity contribution in [1.29, 1.82) is 0 Å². The minimum Gasteiger partial charge on any atom is -0.507 e. The van der Waals surface area contributed by atoms with Crippen LogP contribution in [0, 0.1) is 11.8 Å². The number of ketones is 2. The normalized spacial score (nSPS) is 21.9. The first-order chi connectivity index (χ1) is 26.7. The van der Waals surface area contributed by atoms with Gasteiger partial charge in [-0.05, 0) is 70.9 Å². The van der Waals surface area contributed by atoms with E-state index in [0.29, 0.717) is 53.6 Å². The SMILES string of the molecule is C=CCN(CC=C)[C@@H]1c2onc(OCc3ccccc3)c2C(=O)[C@@]2(O[Si](C)(C)C(C)(C)C)C(=O)C3=C(O)c4c(OCc5ccccc5)ccc(Cl)c4C[C@H]3C[C@@H]12. The lowest BCUT2D eigenvalue weighted by molar-refractivity contribution is -0.141. The van der Waals surface area contributed by atoms with Gasteiger partial charge in [-0.3, -0.25) is 14.5 Å². The van der Waals surface area contributed by atoms with Crippen LogP contribution in [0.15, 0.2) is 108 Å². The van der Waals surface area contributed by atoms with Crippen LogP contribution in [0.4, 0.5) is 0 Å². The molecule has 3 aliphatic rings. The molecule has 3 aromatic carbocycles. The Labute approximate surface area is 334 Å². The lowest BCUT2D eigenvalue weighted by Crippen LogP contribution is -2.68. The second-order valence-corrected chi connectivity index (χ2v) is 21.5. The maximum atomic E-state index is 15.9. The summed E-state index contributed by atoms with van der Waals surface area (Å²) in [5, 5.41) is 16.8. The molecule has 0 unspecified atom stereocenters. The minimum atomic E-state index is -2.95. The number of nitrogens with zero attached hydrogens (tertiary/aromatic N) is 2. The van der Waals surface area contributed by atoms with Gasteiger partial charge in [0, 0.05) is 29.6 Å². The van der Waals surface area contributed by atoms with Gasteiger partial charge in [0.2, 0.25) is 11.6 Å². The first-order valence-corrected chi connectivity index (χ1v) is 22.4. The summed E-state index contributed by atoms with van der Waals surface area (Å²) in [6, 6.07) is 22.0. The highest BCUT2D eigenvalue weighted by Crippen LogP contribution is 2.59.